The maximum atomic E-state index is 5.63. The lowest BCUT2D eigenvalue weighted by Gasteiger charge is -2.07. The van der Waals surface area contributed by atoms with Gasteiger partial charge in [-0.15, -0.1) is 0 Å². The van der Waals surface area contributed by atoms with Crippen molar-refractivity contribution in [3.8, 4) is 0 Å². The van der Waals surface area contributed by atoms with Crippen molar-refractivity contribution in [1.82, 2.24) is 14.5 Å². The van der Waals surface area contributed by atoms with Crippen LogP contribution in [0.25, 0.3) is 11.2 Å². The molecule has 4 nitrogen and oxygen atoms in total. The first-order valence-corrected chi connectivity index (χ1v) is 6.31. The van der Waals surface area contributed by atoms with E-state index in [0.29, 0.717) is 12.5 Å². The smallest absolute Gasteiger partial charge is 0.159 e. The Hall–Kier alpha value is -1.42. The summed E-state index contributed by atoms with van der Waals surface area (Å²) in [6.07, 6.45) is 7.04. The fourth-order valence-electron chi connectivity index (χ4n) is 2.80. The predicted octanol–water partition coefficient (Wildman–Crippen LogP) is 2.08. The fraction of sp³-hybridized carbons (Fsp3) is 0.538. The summed E-state index contributed by atoms with van der Waals surface area (Å²) in [5, 5.41) is 0. The number of aromatic nitrogens is 3. The van der Waals surface area contributed by atoms with Crippen molar-refractivity contribution in [2.75, 3.05) is 0 Å². The molecule has 1 fully saturated rings. The van der Waals surface area contributed by atoms with Crippen molar-refractivity contribution in [3.05, 3.63) is 23.7 Å². The van der Waals surface area contributed by atoms with Gasteiger partial charge in [0.2, 0.25) is 0 Å². The second-order valence-corrected chi connectivity index (χ2v) is 4.90. The molecule has 2 aromatic rings. The van der Waals surface area contributed by atoms with E-state index < -0.39 is 0 Å². The summed E-state index contributed by atoms with van der Waals surface area (Å²) in [5.74, 6) is 1.81. The molecule has 1 aliphatic rings. The van der Waals surface area contributed by atoms with Gasteiger partial charge in [-0.3, -0.25) is 0 Å². The fourth-order valence-corrected chi connectivity index (χ4v) is 2.80. The van der Waals surface area contributed by atoms with Crippen molar-refractivity contribution >= 4 is 11.2 Å². The van der Waals surface area contributed by atoms with Crippen LogP contribution < -0.4 is 5.73 Å². The van der Waals surface area contributed by atoms with Crippen LogP contribution in [-0.2, 0) is 13.6 Å². The SMILES string of the molecule is Cn1c(C2CCCC2)nc2cc(CN)cnc21. The molecule has 17 heavy (non-hydrogen) atoms. The summed E-state index contributed by atoms with van der Waals surface area (Å²) in [4.78, 5) is 9.21. The highest BCUT2D eigenvalue weighted by atomic mass is 15.1. The van der Waals surface area contributed by atoms with E-state index in [4.69, 9.17) is 10.7 Å². The largest absolute Gasteiger partial charge is 0.326 e. The van der Waals surface area contributed by atoms with Crippen molar-refractivity contribution in [1.29, 1.82) is 0 Å². The molecule has 0 spiro atoms. The Kier molecular flexibility index (Phi) is 2.59. The van der Waals surface area contributed by atoms with Crippen LogP contribution in [0.15, 0.2) is 12.3 Å². The topological polar surface area (TPSA) is 56.7 Å². The van der Waals surface area contributed by atoms with Gasteiger partial charge in [0.1, 0.15) is 11.3 Å². The van der Waals surface area contributed by atoms with Gasteiger partial charge in [0.25, 0.3) is 0 Å². The molecule has 0 amide bonds. The number of nitrogens with zero attached hydrogens (tertiary/aromatic N) is 3. The molecular weight excluding hydrogens is 212 g/mol. The lowest BCUT2D eigenvalue weighted by atomic mass is 10.1. The Morgan fingerprint density at radius 2 is 2.18 bits per heavy atom. The van der Waals surface area contributed by atoms with E-state index >= 15 is 0 Å². The van der Waals surface area contributed by atoms with Gasteiger partial charge < -0.3 is 10.3 Å². The van der Waals surface area contributed by atoms with Crippen LogP contribution in [0.2, 0.25) is 0 Å². The van der Waals surface area contributed by atoms with Crippen LogP contribution in [0.4, 0.5) is 0 Å². The molecule has 0 saturated heterocycles. The highest BCUT2D eigenvalue weighted by Gasteiger charge is 2.22. The van der Waals surface area contributed by atoms with Crippen molar-refractivity contribution in [2.24, 2.45) is 12.8 Å². The summed E-state index contributed by atoms with van der Waals surface area (Å²) >= 11 is 0. The van der Waals surface area contributed by atoms with E-state index in [1.165, 1.54) is 31.5 Å². The molecule has 90 valence electrons. The first-order chi connectivity index (χ1) is 8.29. The summed E-state index contributed by atoms with van der Waals surface area (Å²) < 4.78 is 2.14. The molecule has 0 atom stereocenters. The van der Waals surface area contributed by atoms with Gasteiger partial charge in [-0.1, -0.05) is 12.8 Å². The maximum absolute atomic E-state index is 5.63. The zero-order valence-corrected chi connectivity index (χ0v) is 10.2. The number of nitrogens with two attached hydrogens (primary N) is 1. The van der Waals surface area contributed by atoms with Crippen LogP contribution >= 0.6 is 0 Å². The third kappa shape index (κ3) is 1.72. The van der Waals surface area contributed by atoms with Gasteiger partial charge in [0.05, 0.1) is 0 Å². The minimum atomic E-state index is 0.526. The molecule has 2 aromatic heterocycles. The number of pyridine rings is 1. The number of rotatable bonds is 2. The molecule has 0 radical (unpaired) electrons. The van der Waals surface area contributed by atoms with Gasteiger partial charge in [0.15, 0.2) is 5.65 Å². The molecular formula is C13H18N4. The van der Waals surface area contributed by atoms with Crippen LogP contribution in [0, 0.1) is 0 Å². The second kappa shape index (κ2) is 4.11. The second-order valence-electron chi connectivity index (χ2n) is 4.90. The Bertz CT molecular complexity index is 538. The third-order valence-corrected chi connectivity index (χ3v) is 3.76. The Labute approximate surface area is 101 Å². The predicted molar refractivity (Wildman–Crippen MR) is 67.6 cm³/mol. The van der Waals surface area contributed by atoms with E-state index in [1.54, 1.807) is 0 Å². The molecule has 4 heteroatoms. The van der Waals surface area contributed by atoms with Crippen LogP contribution in [0.1, 0.15) is 43.0 Å². The highest BCUT2D eigenvalue weighted by Crippen LogP contribution is 2.34. The highest BCUT2D eigenvalue weighted by molar-refractivity contribution is 5.72. The molecule has 1 saturated carbocycles. The summed E-state index contributed by atoms with van der Waals surface area (Å²) in [6, 6.07) is 2.06. The van der Waals surface area contributed by atoms with Crippen molar-refractivity contribution < 1.29 is 0 Å². The number of aryl methyl sites for hydroxylation is 1. The van der Waals surface area contributed by atoms with Gasteiger partial charge in [0, 0.05) is 25.7 Å². The molecule has 2 heterocycles. The normalized spacial score (nSPS) is 17.1. The van der Waals surface area contributed by atoms with Crippen LogP contribution in [0.3, 0.4) is 0 Å². The van der Waals surface area contributed by atoms with Crippen LogP contribution in [0.5, 0.6) is 0 Å². The average molecular weight is 230 g/mol. The minimum Gasteiger partial charge on any atom is -0.326 e. The average Bonchev–Trinajstić information content (AvgIpc) is 2.97. The van der Waals surface area contributed by atoms with E-state index in [0.717, 1.165) is 16.7 Å². The zero-order chi connectivity index (χ0) is 11.8. The molecule has 3 rings (SSSR count). The van der Waals surface area contributed by atoms with Gasteiger partial charge in [-0.2, -0.15) is 0 Å². The third-order valence-electron chi connectivity index (χ3n) is 3.76. The van der Waals surface area contributed by atoms with E-state index in [1.807, 2.05) is 6.20 Å². The van der Waals surface area contributed by atoms with Gasteiger partial charge >= 0.3 is 0 Å². The summed E-state index contributed by atoms with van der Waals surface area (Å²) in [6.45, 7) is 0.526. The zero-order valence-electron chi connectivity index (χ0n) is 10.2. The first-order valence-electron chi connectivity index (χ1n) is 6.31. The standard InChI is InChI=1S/C13H18N4/c1-17-12(10-4-2-3-5-10)16-11-6-9(7-14)8-15-13(11)17/h6,8,10H,2-5,7,14H2,1H3. The Morgan fingerprint density at radius 3 is 2.88 bits per heavy atom. The van der Waals surface area contributed by atoms with Gasteiger partial charge in [-0.05, 0) is 24.5 Å². The molecule has 0 unspecified atom stereocenters. The molecule has 0 aromatic carbocycles. The Morgan fingerprint density at radius 1 is 1.41 bits per heavy atom. The van der Waals surface area contributed by atoms with Crippen LogP contribution in [-0.4, -0.2) is 14.5 Å². The lowest BCUT2D eigenvalue weighted by Crippen LogP contribution is -2.03. The quantitative estimate of drug-likeness (QED) is 0.859. The minimum absolute atomic E-state index is 0.526. The number of fused-ring (bicyclic) bond motifs is 1. The number of imidazole rings is 1. The van der Waals surface area contributed by atoms with E-state index in [-0.39, 0.29) is 0 Å². The van der Waals surface area contributed by atoms with Crippen molar-refractivity contribution in [2.45, 2.75) is 38.1 Å². The summed E-state index contributed by atoms with van der Waals surface area (Å²) in [5.41, 5.74) is 8.64. The van der Waals surface area contributed by atoms with Gasteiger partial charge in [-0.25, -0.2) is 9.97 Å². The number of hydrogen-bond donors (Lipinski definition) is 1. The monoisotopic (exact) mass is 230 g/mol. The van der Waals surface area contributed by atoms with E-state index in [2.05, 4.69) is 22.7 Å². The van der Waals surface area contributed by atoms with E-state index in [9.17, 15) is 0 Å². The molecule has 0 bridgehead atoms. The van der Waals surface area contributed by atoms with Crippen molar-refractivity contribution in [3.63, 3.8) is 0 Å². The Balaban J connectivity index is 2.10. The lowest BCUT2D eigenvalue weighted by molar-refractivity contribution is 0.637. The maximum Gasteiger partial charge on any atom is 0.159 e. The summed E-state index contributed by atoms with van der Waals surface area (Å²) in [7, 11) is 2.07. The molecule has 2 N–H and O–H groups in total. The molecule has 0 aliphatic heterocycles. The molecule has 1 aliphatic carbocycles. The first kappa shape index (κ1) is 10.7. The number of hydrogen-bond acceptors (Lipinski definition) is 3.